The minimum Gasteiger partial charge on any atom is -0.508 e. The number of hydrogen-bond donors (Lipinski definition) is 17. The molecule has 2 fully saturated rings. The molecule has 8 rings (SSSR count). The highest BCUT2D eigenvalue weighted by atomic mass is 32.2. The Morgan fingerprint density at radius 3 is 1.53 bits per heavy atom. The minimum absolute atomic E-state index is 0.0126. The number of nitrogens with one attached hydrogen (secondary N) is 12. The van der Waals surface area contributed by atoms with Crippen LogP contribution in [0, 0.1) is 11.8 Å². The average molecular weight is 1500 g/mol. The number of primary amides is 2. The fraction of sp³-hybridized carbons (Fsp3) is 0.453. The van der Waals surface area contributed by atoms with E-state index in [4.69, 9.17) is 17.2 Å². The Bertz CT molecular complexity index is 4170. The van der Waals surface area contributed by atoms with Crippen molar-refractivity contribution < 1.29 is 72.5 Å². The number of carbonyl (C=O) groups excluding carboxylic acids is 13. The van der Waals surface area contributed by atoms with Crippen molar-refractivity contribution in [2.45, 2.75) is 178 Å². The Morgan fingerprint density at radius 2 is 1.01 bits per heavy atom. The molecular formula is C75H98N16O15S. The van der Waals surface area contributed by atoms with Gasteiger partial charge in [0.2, 0.25) is 76.8 Å². The molecule has 574 valence electrons. The molecule has 0 spiro atoms. The van der Waals surface area contributed by atoms with Crippen molar-refractivity contribution in [2.24, 2.45) is 29.0 Å². The van der Waals surface area contributed by atoms with E-state index in [2.05, 4.69) is 63.1 Å². The molecule has 2 aliphatic heterocycles. The summed E-state index contributed by atoms with van der Waals surface area (Å²) in [5.74, 6) is -13.5. The Kier molecular flexibility index (Phi) is 29.6. The number of para-hydroxylation sites is 2. The van der Waals surface area contributed by atoms with Crippen molar-refractivity contribution in [3.63, 3.8) is 0 Å². The first-order valence-electron chi connectivity index (χ1n) is 35.9. The molecule has 107 heavy (non-hydrogen) atoms. The van der Waals surface area contributed by atoms with Crippen molar-refractivity contribution in [3.8, 4) is 11.5 Å². The highest BCUT2D eigenvalue weighted by Crippen LogP contribution is 2.25. The number of carbonyl (C=O) groups is 13. The lowest BCUT2D eigenvalue weighted by molar-refractivity contribution is -0.142. The van der Waals surface area contributed by atoms with E-state index in [0.717, 1.165) is 11.8 Å². The van der Waals surface area contributed by atoms with E-state index in [1.165, 1.54) is 60.4 Å². The highest BCUT2D eigenvalue weighted by molar-refractivity contribution is 8.00. The van der Waals surface area contributed by atoms with Crippen LogP contribution in [0.15, 0.2) is 109 Å². The van der Waals surface area contributed by atoms with Crippen LogP contribution in [0.2, 0.25) is 0 Å². The number of thioether (sulfide) groups is 1. The van der Waals surface area contributed by atoms with Gasteiger partial charge in [-0.05, 0) is 122 Å². The van der Waals surface area contributed by atoms with E-state index >= 15 is 9.59 Å². The van der Waals surface area contributed by atoms with Gasteiger partial charge in [0.25, 0.3) is 0 Å². The fourth-order valence-corrected chi connectivity index (χ4v) is 13.8. The Morgan fingerprint density at radius 1 is 0.542 bits per heavy atom. The van der Waals surface area contributed by atoms with E-state index < -0.39 is 161 Å². The summed E-state index contributed by atoms with van der Waals surface area (Å²) in [6.45, 7) is 8.64. The van der Waals surface area contributed by atoms with Gasteiger partial charge in [-0.2, -0.15) is 0 Å². The predicted octanol–water partition coefficient (Wildman–Crippen LogP) is 0.519. The molecule has 6 aromatic rings. The van der Waals surface area contributed by atoms with Crippen LogP contribution in [-0.2, 0) is 88.0 Å². The van der Waals surface area contributed by atoms with Crippen molar-refractivity contribution in [1.29, 1.82) is 0 Å². The summed E-state index contributed by atoms with van der Waals surface area (Å²) in [6, 6.07) is 9.90. The molecule has 13 amide bonds. The van der Waals surface area contributed by atoms with Crippen molar-refractivity contribution in [3.05, 3.63) is 132 Å². The van der Waals surface area contributed by atoms with Crippen LogP contribution >= 0.6 is 11.8 Å². The number of aromatic nitrogens is 2. The van der Waals surface area contributed by atoms with Crippen LogP contribution in [0.1, 0.15) is 108 Å². The third-order valence-corrected chi connectivity index (χ3v) is 20.0. The molecule has 32 heteroatoms. The second-order valence-corrected chi connectivity index (χ2v) is 28.7. The average Bonchev–Trinajstić information content (AvgIpc) is 1.73. The summed E-state index contributed by atoms with van der Waals surface area (Å²) in [7, 11) is 0. The van der Waals surface area contributed by atoms with Gasteiger partial charge in [0.15, 0.2) is 0 Å². The molecule has 4 aromatic carbocycles. The number of aromatic amines is 2. The molecule has 12 atom stereocenters. The van der Waals surface area contributed by atoms with Gasteiger partial charge < -0.3 is 95.4 Å². The fourth-order valence-electron chi connectivity index (χ4n) is 13.0. The van der Waals surface area contributed by atoms with Crippen LogP contribution < -0.4 is 70.4 Å². The van der Waals surface area contributed by atoms with Gasteiger partial charge >= 0.3 is 0 Å². The van der Waals surface area contributed by atoms with Gasteiger partial charge in [-0.25, -0.2) is 0 Å². The maximum atomic E-state index is 15.2. The zero-order valence-electron chi connectivity index (χ0n) is 60.5. The Balaban J connectivity index is 1.17. The third-order valence-electron chi connectivity index (χ3n) is 19.0. The molecule has 0 radical (unpaired) electrons. The maximum Gasteiger partial charge on any atom is 0.245 e. The molecule has 2 saturated heterocycles. The van der Waals surface area contributed by atoms with E-state index in [0.29, 0.717) is 63.3 Å². The molecule has 31 nitrogen and oxygen atoms in total. The zero-order valence-corrected chi connectivity index (χ0v) is 61.3. The number of nitrogens with two attached hydrogens (primary N) is 3. The first-order chi connectivity index (χ1) is 51.1. The van der Waals surface area contributed by atoms with E-state index in [-0.39, 0.29) is 87.6 Å². The Labute approximate surface area is 623 Å². The number of fused-ring (bicyclic) bond motifs is 3. The van der Waals surface area contributed by atoms with Crippen LogP contribution in [0.3, 0.4) is 0 Å². The summed E-state index contributed by atoms with van der Waals surface area (Å²) in [4.78, 5) is 196. The van der Waals surface area contributed by atoms with Gasteiger partial charge in [-0.3, -0.25) is 62.3 Å². The second-order valence-electron chi connectivity index (χ2n) is 27.7. The van der Waals surface area contributed by atoms with Crippen LogP contribution in [0.5, 0.6) is 11.5 Å². The number of unbranched alkanes of at least 4 members (excludes halogenated alkanes) is 1. The SMILES string of the molecule is CC[C@H](C)[C@@H]1NC(=O)[C@H](CC(C)C)NC(=O)[C@H](Cc2c[nH]c3ccccc23)NC(=O)[C@H](Cc2ccc(O)cc2)NC(=O)[C@@H]2CCCN2C(=O)[C@H](C)NC(=O)[C@H](CCCCN)NC(=O)[C@H](Cc2ccc(O)cc2)NC(=O)CSC[C@@H](C(N)=O)NC(=O)[C@H](Cc2c[nH]c3ccccc23)NC(=O)[C@H](CC(N)=O)NC1=O. The summed E-state index contributed by atoms with van der Waals surface area (Å²) < 4.78 is 0. The van der Waals surface area contributed by atoms with Crippen molar-refractivity contribution >= 4 is 110 Å². The molecule has 0 unspecified atom stereocenters. The van der Waals surface area contributed by atoms with Crippen LogP contribution in [-0.4, -0.2) is 193 Å². The summed E-state index contributed by atoms with van der Waals surface area (Å²) >= 11 is 0.836. The summed E-state index contributed by atoms with van der Waals surface area (Å²) in [5.41, 5.74) is 20.9. The Hall–Kier alpha value is -11.0. The monoisotopic (exact) mass is 1490 g/mol. The zero-order chi connectivity index (χ0) is 77.6. The molecule has 20 N–H and O–H groups in total. The molecule has 0 saturated carbocycles. The quantitative estimate of drug-likeness (QED) is 0.0492. The first kappa shape index (κ1) is 81.6. The van der Waals surface area contributed by atoms with Crippen molar-refractivity contribution in [2.75, 3.05) is 24.6 Å². The highest BCUT2D eigenvalue weighted by Gasteiger charge is 2.41. The standard InChI is InChI=1S/C75H98N16O15S/c1-6-41(4)64-74(105)88-59(35-62(77)94)71(102)86-58(34-46-37-80-52-17-10-8-15-50(46)52)70(101)89-60(65(78)96)38-107-39-63(95)82-55(31-43-20-24-47(92)25-21-43)67(98)83-53(18-11-12-28-76)66(97)81-42(5)75(106)91-29-13-19-61(91)73(104)87-56(32-44-22-26-48(93)27-23-44)68(99)85-57(33-45-36-79-51-16-9-7-14-49(45)51)69(100)84-54(30-40(2)3)72(103)90-64/h7-10,14-17,20-27,36-37,40-42,53-61,64,79-80,92-93H,6,11-13,18-19,28-35,38-39,76H2,1-5H3,(H2,77,94)(H2,78,96)(H,81,97)(H,82,95)(H,83,98)(H,84,100)(H,85,99)(H,86,102)(H,87,104)(H,88,105)(H,89,101)(H,90,103)/t41-,42-,53-,54-,55-,56-,57-,58-,59-,60-,61-,64-/m0/s1. The van der Waals surface area contributed by atoms with Crippen molar-refractivity contribution in [1.82, 2.24) is 68.0 Å². The number of nitrogens with zero attached hydrogens (tertiary/aromatic N) is 1. The second kappa shape index (κ2) is 38.8. The van der Waals surface area contributed by atoms with Gasteiger partial charge in [0, 0.05) is 72.2 Å². The van der Waals surface area contributed by atoms with E-state index in [1.54, 1.807) is 76.5 Å². The third kappa shape index (κ3) is 23.2. The lowest BCUT2D eigenvalue weighted by atomic mass is 9.96. The number of amides is 13. The molecule has 2 aromatic heterocycles. The van der Waals surface area contributed by atoms with E-state index in [1.807, 2.05) is 12.1 Å². The molecule has 0 bridgehead atoms. The topological polar surface area (TPSA) is 496 Å². The van der Waals surface area contributed by atoms with Gasteiger partial charge in [-0.15, -0.1) is 11.8 Å². The van der Waals surface area contributed by atoms with Gasteiger partial charge in [-0.1, -0.05) is 94.8 Å². The predicted molar refractivity (Wildman–Crippen MR) is 399 cm³/mol. The summed E-state index contributed by atoms with van der Waals surface area (Å²) in [6.07, 6.45) is 3.06. The number of phenolic OH excluding ortho intramolecular Hbond substituents is 2. The van der Waals surface area contributed by atoms with Gasteiger partial charge in [0.05, 0.1) is 12.2 Å². The lowest BCUT2D eigenvalue weighted by Gasteiger charge is -2.31. The lowest BCUT2D eigenvalue weighted by Crippen LogP contribution is -2.62. The number of H-pyrrole nitrogens is 2. The molecule has 0 aliphatic carbocycles. The number of benzene rings is 4. The van der Waals surface area contributed by atoms with Crippen LogP contribution in [0.25, 0.3) is 21.8 Å². The number of phenols is 2. The smallest absolute Gasteiger partial charge is 0.245 e. The van der Waals surface area contributed by atoms with Gasteiger partial charge in [0.1, 0.15) is 78.0 Å². The minimum atomic E-state index is -1.80. The summed E-state index contributed by atoms with van der Waals surface area (Å²) in [5, 5.41) is 48.9. The van der Waals surface area contributed by atoms with E-state index in [9.17, 15) is 63.0 Å². The maximum absolute atomic E-state index is 15.2. The normalized spacial score (nSPS) is 24.0. The first-order valence-corrected chi connectivity index (χ1v) is 37.1. The molecule has 4 heterocycles. The number of hydrogen-bond acceptors (Lipinski definition) is 17. The number of aromatic hydroxyl groups is 2. The van der Waals surface area contributed by atoms with Crippen LogP contribution in [0.4, 0.5) is 0 Å². The molecular weight excluding hydrogens is 1400 g/mol. The largest absolute Gasteiger partial charge is 0.508 e. The molecule has 2 aliphatic rings. The number of rotatable bonds is 19.